The van der Waals surface area contributed by atoms with Crippen LogP contribution in [0.5, 0.6) is 5.75 Å². The number of carbonyl (C=O) groups is 1. The Balaban J connectivity index is 1.52. The number of nitrogens with one attached hydrogen (secondary N) is 1. The van der Waals surface area contributed by atoms with Gasteiger partial charge < -0.3 is 10.1 Å². The lowest BCUT2D eigenvalue weighted by molar-refractivity contribution is -0.113. The Kier molecular flexibility index (Phi) is 6.16. The van der Waals surface area contributed by atoms with Crippen LogP contribution in [0.4, 0.5) is 5.69 Å². The van der Waals surface area contributed by atoms with E-state index < -0.39 is 0 Å². The first-order valence-corrected chi connectivity index (χ1v) is 10.6. The topological polar surface area (TPSA) is 75.0 Å². The monoisotopic (exact) mass is 425 g/mol. The molecule has 0 aliphatic rings. The van der Waals surface area contributed by atoms with Gasteiger partial charge in [-0.1, -0.05) is 60.3 Å². The smallest absolute Gasteiger partial charge is 0.234 e. The van der Waals surface area contributed by atoms with Crippen molar-refractivity contribution in [3.8, 4) is 22.9 Å². The highest BCUT2D eigenvalue weighted by molar-refractivity contribution is 8.00. The maximum absolute atomic E-state index is 12.7. The van der Waals surface area contributed by atoms with Crippen LogP contribution in [0.3, 0.4) is 0 Å². The number of amides is 1. The molecule has 4 aromatic rings. The molecule has 6 heteroatoms. The minimum absolute atomic E-state index is 0.139. The van der Waals surface area contributed by atoms with E-state index in [1.807, 2.05) is 72.8 Å². The third kappa shape index (κ3) is 4.68. The number of rotatable bonds is 6. The van der Waals surface area contributed by atoms with E-state index in [4.69, 9.17) is 4.74 Å². The zero-order valence-electron chi connectivity index (χ0n) is 16.8. The molecule has 152 valence electrons. The Bertz CT molecular complexity index is 1280. The van der Waals surface area contributed by atoms with E-state index in [9.17, 15) is 10.1 Å². The lowest BCUT2D eigenvalue weighted by atomic mass is 10.0. The summed E-state index contributed by atoms with van der Waals surface area (Å²) in [4.78, 5) is 17.2. The minimum Gasteiger partial charge on any atom is -0.497 e. The summed E-state index contributed by atoms with van der Waals surface area (Å²) in [5.74, 6) is 0.668. The van der Waals surface area contributed by atoms with Gasteiger partial charge in [0.1, 0.15) is 16.8 Å². The standard InChI is InChI=1S/C25H19N3O2S/c1-30-20-12-11-18-13-19(15-26)25(28-23(18)14-20)31-16-24(29)27-22-10-6-5-9-21(22)17-7-3-2-4-8-17/h2-14H,16H2,1H3,(H,27,29). The van der Waals surface area contributed by atoms with Gasteiger partial charge in [0.05, 0.1) is 23.9 Å². The molecule has 31 heavy (non-hydrogen) atoms. The molecule has 1 heterocycles. The fourth-order valence-corrected chi connectivity index (χ4v) is 3.99. The summed E-state index contributed by atoms with van der Waals surface area (Å²) in [5, 5.41) is 13.9. The largest absolute Gasteiger partial charge is 0.497 e. The molecule has 0 fully saturated rings. The Hall–Kier alpha value is -3.82. The van der Waals surface area contributed by atoms with Crippen LogP contribution in [0.25, 0.3) is 22.0 Å². The summed E-state index contributed by atoms with van der Waals surface area (Å²) in [6.07, 6.45) is 0. The van der Waals surface area contributed by atoms with Crippen molar-refractivity contribution < 1.29 is 9.53 Å². The number of anilines is 1. The van der Waals surface area contributed by atoms with E-state index in [0.29, 0.717) is 16.3 Å². The van der Waals surface area contributed by atoms with E-state index in [0.717, 1.165) is 27.7 Å². The molecule has 1 N–H and O–H groups in total. The number of methoxy groups -OCH3 is 1. The minimum atomic E-state index is -0.162. The van der Waals surface area contributed by atoms with Crippen molar-refractivity contribution in [1.82, 2.24) is 4.98 Å². The van der Waals surface area contributed by atoms with Gasteiger partial charge in [0.15, 0.2) is 0 Å². The van der Waals surface area contributed by atoms with Crippen LogP contribution in [0.2, 0.25) is 0 Å². The number of nitriles is 1. The Morgan fingerprint density at radius 1 is 1.06 bits per heavy atom. The predicted octanol–water partition coefficient (Wildman–Crippen LogP) is 5.51. The first-order valence-electron chi connectivity index (χ1n) is 9.64. The first kappa shape index (κ1) is 20.5. The lowest BCUT2D eigenvalue weighted by Crippen LogP contribution is -2.15. The predicted molar refractivity (Wildman–Crippen MR) is 124 cm³/mol. The Morgan fingerprint density at radius 3 is 2.61 bits per heavy atom. The highest BCUT2D eigenvalue weighted by atomic mass is 32.2. The van der Waals surface area contributed by atoms with Gasteiger partial charge in [0, 0.05) is 22.7 Å². The molecule has 5 nitrogen and oxygen atoms in total. The van der Waals surface area contributed by atoms with Crippen molar-refractivity contribution in [2.45, 2.75) is 5.03 Å². The van der Waals surface area contributed by atoms with E-state index in [2.05, 4.69) is 16.4 Å². The van der Waals surface area contributed by atoms with Crippen LogP contribution in [0.1, 0.15) is 5.56 Å². The normalized spacial score (nSPS) is 10.5. The Labute approximate surface area is 184 Å². The second kappa shape index (κ2) is 9.33. The molecule has 1 aromatic heterocycles. The molecule has 4 rings (SSSR count). The average Bonchev–Trinajstić information content (AvgIpc) is 2.82. The van der Waals surface area contributed by atoms with Gasteiger partial charge in [-0.05, 0) is 29.8 Å². The number of carbonyl (C=O) groups excluding carboxylic acids is 1. The summed E-state index contributed by atoms with van der Waals surface area (Å²) >= 11 is 1.24. The lowest BCUT2D eigenvalue weighted by Gasteiger charge is -2.11. The van der Waals surface area contributed by atoms with Crippen molar-refractivity contribution in [2.24, 2.45) is 0 Å². The van der Waals surface area contributed by atoms with E-state index in [1.165, 1.54) is 11.8 Å². The van der Waals surface area contributed by atoms with Crippen molar-refractivity contribution in [3.63, 3.8) is 0 Å². The van der Waals surface area contributed by atoms with Gasteiger partial charge in [0.25, 0.3) is 0 Å². The van der Waals surface area contributed by atoms with Gasteiger partial charge in [-0.2, -0.15) is 5.26 Å². The van der Waals surface area contributed by atoms with Gasteiger partial charge in [-0.15, -0.1) is 0 Å². The molecule has 0 bridgehead atoms. The molecule has 3 aromatic carbocycles. The van der Waals surface area contributed by atoms with Crippen LogP contribution in [0, 0.1) is 11.3 Å². The fourth-order valence-electron chi connectivity index (χ4n) is 3.23. The van der Waals surface area contributed by atoms with Crippen molar-refractivity contribution in [1.29, 1.82) is 5.26 Å². The quantitative estimate of drug-likeness (QED) is 0.412. The molecule has 0 saturated carbocycles. The highest BCUT2D eigenvalue weighted by Gasteiger charge is 2.13. The van der Waals surface area contributed by atoms with Gasteiger partial charge >= 0.3 is 0 Å². The molecular formula is C25H19N3O2S. The number of hydrogen-bond acceptors (Lipinski definition) is 5. The molecule has 0 unspecified atom stereocenters. The van der Waals surface area contributed by atoms with Crippen LogP contribution < -0.4 is 10.1 Å². The molecule has 0 aliphatic carbocycles. The molecular weight excluding hydrogens is 406 g/mol. The number of benzene rings is 3. The van der Waals surface area contributed by atoms with Gasteiger partial charge in [0.2, 0.25) is 5.91 Å². The van der Waals surface area contributed by atoms with Crippen LogP contribution in [-0.4, -0.2) is 23.8 Å². The van der Waals surface area contributed by atoms with Gasteiger partial charge in [-0.3, -0.25) is 4.79 Å². The summed E-state index contributed by atoms with van der Waals surface area (Å²) in [7, 11) is 1.60. The van der Waals surface area contributed by atoms with Crippen molar-refractivity contribution >= 4 is 34.3 Å². The number of para-hydroxylation sites is 1. The summed E-state index contributed by atoms with van der Waals surface area (Å²) < 4.78 is 5.26. The number of ether oxygens (including phenoxy) is 1. The SMILES string of the molecule is COc1ccc2cc(C#N)c(SCC(=O)Nc3ccccc3-c3ccccc3)nc2c1. The molecule has 0 spiro atoms. The second-order valence-electron chi connectivity index (χ2n) is 6.76. The number of pyridine rings is 1. The van der Waals surface area contributed by atoms with Crippen LogP contribution in [-0.2, 0) is 4.79 Å². The number of aromatic nitrogens is 1. The zero-order chi connectivity index (χ0) is 21.6. The van der Waals surface area contributed by atoms with Gasteiger partial charge in [-0.25, -0.2) is 4.98 Å². The third-order valence-electron chi connectivity index (χ3n) is 4.74. The maximum atomic E-state index is 12.7. The van der Waals surface area contributed by atoms with Crippen LogP contribution in [0.15, 0.2) is 83.9 Å². The number of thioether (sulfide) groups is 1. The summed E-state index contributed by atoms with van der Waals surface area (Å²) in [6, 6.07) is 27.1. The number of nitrogens with zero attached hydrogens (tertiary/aromatic N) is 2. The molecule has 0 saturated heterocycles. The maximum Gasteiger partial charge on any atom is 0.234 e. The fraction of sp³-hybridized carbons (Fsp3) is 0.0800. The van der Waals surface area contributed by atoms with Crippen molar-refractivity contribution in [3.05, 3.63) is 84.4 Å². The number of hydrogen-bond donors (Lipinski definition) is 1. The summed E-state index contributed by atoms with van der Waals surface area (Å²) in [5.41, 5.74) is 3.89. The Morgan fingerprint density at radius 2 is 1.84 bits per heavy atom. The first-order chi connectivity index (χ1) is 15.2. The molecule has 1 amide bonds. The van der Waals surface area contributed by atoms with Crippen molar-refractivity contribution in [2.75, 3.05) is 18.2 Å². The molecule has 0 aliphatic heterocycles. The zero-order valence-corrected chi connectivity index (χ0v) is 17.6. The summed E-state index contributed by atoms with van der Waals surface area (Å²) in [6.45, 7) is 0. The van der Waals surface area contributed by atoms with Crippen LogP contribution >= 0.6 is 11.8 Å². The average molecular weight is 426 g/mol. The molecule has 0 radical (unpaired) electrons. The third-order valence-corrected chi connectivity index (χ3v) is 5.73. The number of fused-ring (bicyclic) bond motifs is 1. The highest BCUT2D eigenvalue weighted by Crippen LogP contribution is 2.29. The second-order valence-corrected chi connectivity index (χ2v) is 7.72. The van der Waals surface area contributed by atoms with E-state index >= 15 is 0 Å². The molecule has 0 atom stereocenters. The van der Waals surface area contributed by atoms with E-state index in [1.54, 1.807) is 13.2 Å². The van der Waals surface area contributed by atoms with E-state index in [-0.39, 0.29) is 11.7 Å².